The van der Waals surface area contributed by atoms with Crippen LogP contribution < -0.4 is 0 Å². The van der Waals surface area contributed by atoms with Crippen LogP contribution in [0.15, 0.2) is 0 Å². The number of hydrogen-bond donors (Lipinski definition) is 1. The molecule has 4 nitrogen and oxygen atoms in total. The zero-order valence-corrected chi connectivity index (χ0v) is 32.8. The highest BCUT2D eigenvalue weighted by molar-refractivity contribution is 5.69. The van der Waals surface area contributed by atoms with E-state index >= 15 is 0 Å². The number of carboxylic acids is 1. The summed E-state index contributed by atoms with van der Waals surface area (Å²) < 4.78 is 6.04. The summed E-state index contributed by atoms with van der Waals surface area (Å²) >= 11 is 0. The Morgan fingerprint density at radius 2 is 0.625 bits per heavy atom. The molecule has 0 heterocycles. The number of aliphatic carboxylic acids is 1. The monoisotopic (exact) mass is 679 g/mol. The fourth-order valence-corrected chi connectivity index (χ4v) is 7.07. The Kier molecular flexibility index (Phi) is 39.5. The Balaban J connectivity index is 3.89. The van der Waals surface area contributed by atoms with Crippen molar-refractivity contribution >= 4 is 11.9 Å². The van der Waals surface area contributed by atoms with Crippen LogP contribution in [0.5, 0.6) is 0 Å². The van der Waals surface area contributed by atoms with Gasteiger partial charge in [-0.3, -0.25) is 9.59 Å². The average Bonchev–Trinajstić information content (AvgIpc) is 3.07. The first-order valence-corrected chi connectivity index (χ1v) is 22.0. The van der Waals surface area contributed by atoms with Gasteiger partial charge in [0.1, 0.15) is 6.10 Å². The van der Waals surface area contributed by atoms with Crippen LogP contribution in [-0.2, 0) is 14.3 Å². The maximum absolute atomic E-state index is 12.7. The second kappa shape index (κ2) is 40.4. The first-order chi connectivity index (χ1) is 23.6. The minimum absolute atomic E-state index is 0.0210. The van der Waals surface area contributed by atoms with Crippen LogP contribution in [0, 0.1) is 0 Å². The molecule has 0 saturated carbocycles. The average molecular weight is 679 g/mol. The summed E-state index contributed by atoms with van der Waals surface area (Å²) in [6.45, 7) is 4.57. The Morgan fingerprint density at radius 1 is 0.375 bits per heavy atom. The molecule has 0 spiro atoms. The molecule has 4 heteroatoms. The van der Waals surface area contributed by atoms with Crippen LogP contribution in [0.4, 0.5) is 0 Å². The third kappa shape index (κ3) is 39.4. The molecule has 1 unspecified atom stereocenters. The normalized spacial score (nSPS) is 12.0. The van der Waals surface area contributed by atoms with E-state index in [0.29, 0.717) is 6.42 Å². The first-order valence-electron chi connectivity index (χ1n) is 22.0. The fraction of sp³-hybridized carbons (Fsp3) is 0.955. The van der Waals surface area contributed by atoms with Crippen molar-refractivity contribution in [3.63, 3.8) is 0 Å². The summed E-state index contributed by atoms with van der Waals surface area (Å²) in [5.41, 5.74) is 0. The van der Waals surface area contributed by atoms with Gasteiger partial charge in [0.15, 0.2) is 0 Å². The van der Waals surface area contributed by atoms with Gasteiger partial charge in [-0.25, -0.2) is 0 Å². The van der Waals surface area contributed by atoms with Gasteiger partial charge in [0, 0.05) is 12.8 Å². The van der Waals surface area contributed by atoms with Crippen molar-refractivity contribution in [1.29, 1.82) is 0 Å². The standard InChI is InChI=1S/C44H86O4/c1-3-5-7-9-11-13-15-16-17-18-19-20-21-22-23-25-27-33-37-41-44(47)48-42(39-35-31-28-29-32-36-40-43(45)46)38-34-30-26-24-14-12-10-8-6-4-2/h42H,3-41H2,1-2H3,(H,45,46). The van der Waals surface area contributed by atoms with Crippen molar-refractivity contribution in [1.82, 2.24) is 0 Å². The van der Waals surface area contributed by atoms with Crippen molar-refractivity contribution in [2.75, 3.05) is 0 Å². The van der Waals surface area contributed by atoms with Gasteiger partial charge >= 0.3 is 11.9 Å². The van der Waals surface area contributed by atoms with Crippen LogP contribution in [0.3, 0.4) is 0 Å². The number of carbonyl (C=O) groups is 2. The molecule has 0 aliphatic carbocycles. The summed E-state index contributed by atoms with van der Waals surface area (Å²) in [6, 6.07) is 0. The van der Waals surface area contributed by atoms with E-state index in [1.165, 1.54) is 173 Å². The van der Waals surface area contributed by atoms with Gasteiger partial charge in [-0.1, -0.05) is 213 Å². The molecule has 286 valence electrons. The van der Waals surface area contributed by atoms with Crippen molar-refractivity contribution in [2.24, 2.45) is 0 Å². The summed E-state index contributed by atoms with van der Waals surface area (Å²) in [6.07, 6.45) is 48.5. The van der Waals surface area contributed by atoms with Gasteiger partial charge in [0.25, 0.3) is 0 Å². The molecular formula is C44H86O4. The molecular weight excluding hydrogens is 592 g/mol. The molecule has 1 atom stereocenters. The minimum atomic E-state index is -0.688. The lowest BCUT2D eigenvalue weighted by Crippen LogP contribution is -2.18. The summed E-state index contributed by atoms with van der Waals surface area (Å²) in [5, 5.41) is 8.80. The quantitative estimate of drug-likeness (QED) is 0.0516. The maximum Gasteiger partial charge on any atom is 0.306 e. The van der Waals surface area contributed by atoms with Crippen LogP contribution in [0.25, 0.3) is 0 Å². The number of carboxylic acid groups (broad SMARTS) is 1. The Labute approximate surface area is 301 Å². The highest BCUT2D eigenvalue weighted by Gasteiger charge is 2.14. The lowest BCUT2D eigenvalue weighted by Gasteiger charge is -2.18. The highest BCUT2D eigenvalue weighted by atomic mass is 16.5. The molecule has 0 aliphatic rings. The third-order valence-corrected chi connectivity index (χ3v) is 10.3. The lowest BCUT2D eigenvalue weighted by molar-refractivity contribution is -0.150. The van der Waals surface area contributed by atoms with E-state index in [4.69, 9.17) is 9.84 Å². The second-order valence-electron chi connectivity index (χ2n) is 15.3. The van der Waals surface area contributed by atoms with E-state index in [-0.39, 0.29) is 18.5 Å². The zero-order valence-electron chi connectivity index (χ0n) is 32.8. The van der Waals surface area contributed by atoms with Crippen molar-refractivity contribution in [3.05, 3.63) is 0 Å². The van der Waals surface area contributed by atoms with Crippen LogP contribution in [0.2, 0.25) is 0 Å². The van der Waals surface area contributed by atoms with Crippen molar-refractivity contribution in [3.8, 4) is 0 Å². The van der Waals surface area contributed by atoms with Gasteiger partial charge < -0.3 is 9.84 Å². The third-order valence-electron chi connectivity index (χ3n) is 10.3. The highest BCUT2D eigenvalue weighted by Crippen LogP contribution is 2.19. The molecule has 0 aromatic rings. The second-order valence-corrected chi connectivity index (χ2v) is 15.3. The van der Waals surface area contributed by atoms with Crippen molar-refractivity contribution in [2.45, 2.75) is 270 Å². The molecule has 0 aliphatic heterocycles. The number of esters is 1. The number of unbranched alkanes of at least 4 members (excludes halogenated alkanes) is 32. The lowest BCUT2D eigenvalue weighted by atomic mass is 10.0. The summed E-state index contributed by atoms with van der Waals surface area (Å²) in [5.74, 6) is -0.667. The van der Waals surface area contributed by atoms with E-state index in [9.17, 15) is 9.59 Å². The molecule has 48 heavy (non-hydrogen) atoms. The smallest absolute Gasteiger partial charge is 0.306 e. The topological polar surface area (TPSA) is 63.6 Å². The van der Waals surface area contributed by atoms with E-state index in [1.54, 1.807) is 0 Å². The molecule has 0 amide bonds. The van der Waals surface area contributed by atoms with Gasteiger partial charge in [0.05, 0.1) is 0 Å². The van der Waals surface area contributed by atoms with Crippen LogP contribution in [0.1, 0.15) is 264 Å². The van der Waals surface area contributed by atoms with E-state index in [1.807, 2.05) is 0 Å². The van der Waals surface area contributed by atoms with E-state index in [0.717, 1.165) is 64.2 Å². The first kappa shape index (κ1) is 46.9. The van der Waals surface area contributed by atoms with Gasteiger partial charge in [-0.2, -0.15) is 0 Å². The molecule has 0 fully saturated rings. The number of ether oxygens (including phenoxy) is 1. The van der Waals surface area contributed by atoms with E-state index < -0.39 is 5.97 Å². The number of hydrogen-bond acceptors (Lipinski definition) is 3. The molecule has 0 radical (unpaired) electrons. The van der Waals surface area contributed by atoms with Gasteiger partial charge in [0.2, 0.25) is 0 Å². The molecule has 0 aromatic carbocycles. The molecule has 0 rings (SSSR count). The Morgan fingerprint density at radius 3 is 0.917 bits per heavy atom. The molecule has 0 aromatic heterocycles. The van der Waals surface area contributed by atoms with Crippen LogP contribution in [-0.4, -0.2) is 23.1 Å². The van der Waals surface area contributed by atoms with Gasteiger partial charge in [-0.15, -0.1) is 0 Å². The largest absolute Gasteiger partial charge is 0.481 e. The fourth-order valence-electron chi connectivity index (χ4n) is 7.07. The molecule has 0 saturated heterocycles. The molecule has 1 N–H and O–H groups in total. The van der Waals surface area contributed by atoms with Gasteiger partial charge in [-0.05, 0) is 38.5 Å². The Hall–Kier alpha value is -1.06. The van der Waals surface area contributed by atoms with Crippen LogP contribution >= 0.6 is 0 Å². The number of carbonyl (C=O) groups excluding carboxylic acids is 1. The predicted molar refractivity (Wildman–Crippen MR) is 209 cm³/mol. The minimum Gasteiger partial charge on any atom is -0.481 e. The van der Waals surface area contributed by atoms with Crippen molar-refractivity contribution < 1.29 is 19.4 Å². The molecule has 0 bridgehead atoms. The summed E-state index contributed by atoms with van der Waals surface area (Å²) in [4.78, 5) is 23.4. The maximum atomic E-state index is 12.7. The Bertz CT molecular complexity index is 648. The zero-order chi connectivity index (χ0) is 35.0. The van der Waals surface area contributed by atoms with E-state index in [2.05, 4.69) is 13.8 Å². The summed E-state index contributed by atoms with van der Waals surface area (Å²) in [7, 11) is 0. The number of rotatable bonds is 41. The predicted octanol–water partition coefficient (Wildman–Crippen LogP) is 15.2. The SMILES string of the molecule is CCCCCCCCCCCCCCCCCCCCCC(=O)OC(CCCCCCCCCCCC)CCCCCCCCC(=O)O.